The molecule has 0 saturated heterocycles. The lowest BCUT2D eigenvalue weighted by Gasteiger charge is -2.08. The Kier molecular flexibility index (Phi) is 3.89. The highest BCUT2D eigenvalue weighted by atomic mass is 79.9. The molecule has 0 aliphatic carbocycles. The van der Waals surface area contributed by atoms with Crippen LogP contribution in [0.25, 0.3) is 0 Å². The van der Waals surface area contributed by atoms with Crippen molar-refractivity contribution in [2.24, 2.45) is 0 Å². The number of hydrogen-bond acceptors (Lipinski definition) is 2. The zero-order valence-corrected chi connectivity index (χ0v) is 11.5. The van der Waals surface area contributed by atoms with Gasteiger partial charge in [-0.25, -0.2) is 0 Å². The number of aromatic hydroxyl groups is 1. The van der Waals surface area contributed by atoms with Crippen molar-refractivity contribution in [3.05, 3.63) is 57.5 Å². The number of carbonyl (C=O) groups excluding carboxylic acids is 1. The number of phenolic OH excluding ortho intramolecular Hbond substituents is 1. The molecule has 0 atom stereocenters. The fourth-order valence-electron chi connectivity index (χ4n) is 1.45. The Morgan fingerprint density at radius 2 is 1.89 bits per heavy atom. The lowest BCUT2D eigenvalue weighted by Crippen LogP contribution is -2.12. The molecule has 2 rings (SSSR count). The molecule has 0 aromatic heterocycles. The normalized spacial score (nSPS) is 10.1. The van der Waals surface area contributed by atoms with Gasteiger partial charge in [0.15, 0.2) is 0 Å². The van der Waals surface area contributed by atoms with Crippen molar-refractivity contribution in [1.82, 2.24) is 0 Å². The second kappa shape index (κ2) is 5.42. The Labute approximate surface area is 118 Å². The summed E-state index contributed by atoms with van der Waals surface area (Å²) in [7, 11) is 0. The fraction of sp³-hybridized carbons (Fsp3) is 0. The molecule has 92 valence electrons. The average molecular weight is 327 g/mol. The Bertz CT molecular complexity index is 601. The SMILES string of the molecule is O=C(Nc1ccccc1O)c1cccc(Br)c1Cl. The van der Waals surface area contributed by atoms with Crippen LogP contribution in [0.2, 0.25) is 5.02 Å². The van der Waals surface area contributed by atoms with Crippen LogP contribution in [0, 0.1) is 0 Å². The van der Waals surface area contributed by atoms with E-state index in [9.17, 15) is 9.90 Å². The highest BCUT2D eigenvalue weighted by molar-refractivity contribution is 9.10. The molecule has 0 aliphatic heterocycles. The summed E-state index contributed by atoms with van der Waals surface area (Å²) < 4.78 is 0.647. The van der Waals surface area contributed by atoms with Crippen molar-refractivity contribution >= 4 is 39.1 Å². The summed E-state index contributed by atoms with van der Waals surface area (Å²) in [6, 6.07) is 11.6. The molecule has 0 unspecified atom stereocenters. The Hall–Kier alpha value is -1.52. The number of phenols is 1. The number of nitrogens with one attached hydrogen (secondary N) is 1. The second-order valence-electron chi connectivity index (χ2n) is 3.57. The van der Waals surface area contributed by atoms with Gasteiger partial charge in [0.2, 0.25) is 0 Å². The maximum Gasteiger partial charge on any atom is 0.257 e. The van der Waals surface area contributed by atoms with E-state index >= 15 is 0 Å². The molecule has 5 heteroatoms. The molecule has 18 heavy (non-hydrogen) atoms. The molecule has 1 amide bonds. The number of anilines is 1. The third kappa shape index (κ3) is 2.66. The monoisotopic (exact) mass is 325 g/mol. The van der Waals surface area contributed by atoms with E-state index in [-0.39, 0.29) is 11.7 Å². The van der Waals surface area contributed by atoms with Crippen LogP contribution in [0.15, 0.2) is 46.9 Å². The van der Waals surface area contributed by atoms with Gasteiger partial charge in [-0.3, -0.25) is 4.79 Å². The summed E-state index contributed by atoms with van der Waals surface area (Å²) in [4.78, 5) is 12.0. The average Bonchev–Trinajstić information content (AvgIpc) is 2.35. The molecule has 0 bridgehead atoms. The molecular formula is C13H9BrClNO2. The van der Waals surface area contributed by atoms with Gasteiger partial charge in [-0.05, 0) is 40.2 Å². The van der Waals surface area contributed by atoms with Crippen molar-refractivity contribution in [1.29, 1.82) is 0 Å². The van der Waals surface area contributed by atoms with Gasteiger partial charge in [-0.15, -0.1) is 0 Å². The first-order valence-electron chi connectivity index (χ1n) is 5.13. The van der Waals surface area contributed by atoms with E-state index < -0.39 is 0 Å². The summed E-state index contributed by atoms with van der Waals surface area (Å²) in [5.74, 6) is -0.361. The second-order valence-corrected chi connectivity index (χ2v) is 4.80. The first-order chi connectivity index (χ1) is 8.59. The number of benzene rings is 2. The number of carbonyl (C=O) groups is 1. The minimum absolute atomic E-state index is 0.0111. The highest BCUT2D eigenvalue weighted by Crippen LogP contribution is 2.28. The topological polar surface area (TPSA) is 49.3 Å². The summed E-state index contributed by atoms with van der Waals surface area (Å²) in [5.41, 5.74) is 0.688. The van der Waals surface area contributed by atoms with E-state index in [1.54, 1.807) is 36.4 Å². The molecular weight excluding hydrogens is 318 g/mol. The highest BCUT2D eigenvalue weighted by Gasteiger charge is 2.13. The van der Waals surface area contributed by atoms with Gasteiger partial charge in [-0.2, -0.15) is 0 Å². The zero-order valence-electron chi connectivity index (χ0n) is 9.15. The van der Waals surface area contributed by atoms with Crippen LogP contribution in [0.5, 0.6) is 5.75 Å². The first-order valence-corrected chi connectivity index (χ1v) is 6.30. The van der Waals surface area contributed by atoms with Gasteiger partial charge >= 0.3 is 0 Å². The van der Waals surface area contributed by atoms with Crippen molar-refractivity contribution in [3.8, 4) is 5.75 Å². The van der Waals surface area contributed by atoms with Gasteiger partial charge in [0.1, 0.15) is 5.75 Å². The zero-order chi connectivity index (χ0) is 13.1. The van der Waals surface area contributed by atoms with Crippen LogP contribution in [-0.2, 0) is 0 Å². The lowest BCUT2D eigenvalue weighted by molar-refractivity contribution is 0.102. The predicted octanol–water partition coefficient (Wildman–Crippen LogP) is 4.06. The van der Waals surface area contributed by atoms with Gasteiger partial charge in [0, 0.05) is 4.47 Å². The number of amides is 1. The largest absolute Gasteiger partial charge is 0.506 e. The summed E-state index contributed by atoms with van der Waals surface area (Å²) >= 11 is 9.28. The van der Waals surface area contributed by atoms with Gasteiger partial charge in [0.25, 0.3) is 5.91 Å². The smallest absolute Gasteiger partial charge is 0.257 e. The van der Waals surface area contributed by atoms with Crippen molar-refractivity contribution in [3.63, 3.8) is 0 Å². The van der Waals surface area contributed by atoms with Crippen LogP contribution < -0.4 is 5.32 Å². The number of halogens is 2. The molecule has 0 saturated carbocycles. The van der Waals surface area contributed by atoms with Crippen LogP contribution in [0.3, 0.4) is 0 Å². The van der Waals surface area contributed by atoms with E-state index in [1.165, 1.54) is 6.07 Å². The molecule has 2 aromatic rings. The number of hydrogen-bond donors (Lipinski definition) is 2. The quantitative estimate of drug-likeness (QED) is 0.818. The van der Waals surface area contributed by atoms with E-state index in [1.807, 2.05) is 0 Å². The molecule has 2 aromatic carbocycles. The van der Waals surface area contributed by atoms with Crippen LogP contribution in [0.4, 0.5) is 5.69 Å². The fourth-order valence-corrected chi connectivity index (χ4v) is 2.03. The molecule has 2 N–H and O–H groups in total. The van der Waals surface area contributed by atoms with E-state index in [2.05, 4.69) is 21.2 Å². The Morgan fingerprint density at radius 1 is 1.17 bits per heavy atom. The van der Waals surface area contributed by atoms with Gasteiger partial charge < -0.3 is 10.4 Å². The van der Waals surface area contributed by atoms with Crippen molar-refractivity contribution in [2.75, 3.05) is 5.32 Å². The maximum absolute atomic E-state index is 12.0. The lowest BCUT2D eigenvalue weighted by atomic mass is 10.2. The Balaban J connectivity index is 2.28. The maximum atomic E-state index is 12.0. The third-order valence-corrected chi connectivity index (χ3v) is 3.64. The number of rotatable bonds is 2. The summed E-state index contributed by atoms with van der Waals surface area (Å²) in [6.07, 6.45) is 0. The third-order valence-electron chi connectivity index (χ3n) is 2.35. The minimum atomic E-state index is -0.372. The summed E-state index contributed by atoms with van der Waals surface area (Å²) in [6.45, 7) is 0. The predicted molar refractivity (Wildman–Crippen MR) is 75.2 cm³/mol. The molecule has 0 aliphatic rings. The van der Waals surface area contributed by atoms with Gasteiger partial charge in [-0.1, -0.05) is 29.8 Å². The van der Waals surface area contributed by atoms with E-state index in [4.69, 9.17) is 11.6 Å². The molecule has 0 radical (unpaired) electrons. The molecule has 0 spiro atoms. The van der Waals surface area contributed by atoms with Crippen molar-refractivity contribution < 1.29 is 9.90 Å². The molecule has 3 nitrogen and oxygen atoms in total. The molecule has 0 fully saturated rings. The van der Waals surface area contributed by atoms with Crippen molar-refractivity contribution in [2.45, 2.75) is 0 Å². The van der Waals surface area contributed by atoms with E-state index in [0.29, 0.717) is 20.7 Å². The van der Waals surface area contributed by atoms with E-state index in [0.717, 1.165) is 0 Å². The van der Waals surface area contributed by atoms with Crippen LogP contribution in [-0.4, -0.2) is 11.0 Å². The Morgan fingerprint density at radius 3 is 2.61 bits per heavy atom. The van der Waals surface area contributed by atoms with Crippen LogP contribution in [0.1, 0.15) is 10.4 Å². The summed E-state index contributed by atoms with van der Waals surface area (Å²) in [5, 5.41) is 12.5. The first kappa shape index (κ1) is 12.9. The van der Waals surface area contributed by atoms with Crippen LogP contribution >= 0.6 is 27.5 Å². The molecule has 0 heterocycles. The number of para-hydroxylation sites is 2. The minimum Gasteiger partial charge on any atom is -0.506 e. The standard InChI is InChI=1S/C13H9BrClNO2/c14-9-5-3-4-8(12(9)15)13(18)16-10-6-1-2-7-11(10)17/h1-7,17H,(H,16,18). The van der Waals surface area contributed by atoms with Gasteiger partial charge in [0.05, 0.1) is 16.3 Å².